The van der Waals surface area contributed by atoms with Crippen LogP contribution in [0.4, 0.5) is 0 Å². The van der Waals surface area contributed by atoms with E-state index in [9.17, 15) is 0 Å². The Bertz CT molecular complexity index is 2870. The molecule has 4 aromatic heterocycles. The molecule has 0 bridgehead atoms. The molecule has 0 aliphatic carbocycles. The molecule has 0 saturated carbocycles. The van der Waals surface area contributed by atoms with Crippen LogP contribution in [0.25, 0.3) is 98.3 Å². The van der Waals surface area contributed by atoms with Crippen LogP contribution < -0.4 is 0 Å². The molecule has 4 heteroatoms. The minimum absolute atomic E-state index is 0.929. The maximum absolute atomic E-state index is 5.11. The van der Waals surface area contributed by atoms with E-state index in [-0.39, 0.29) is 0 Å². The molecule has 0 aliphatic rings. The zero-order valence-electron chi connectivity index (χ0n) is 24.6. The molecule has 0 aliphatic heterocycles. The summed E-state index contributed by atoms with van der Waals surface area (Å²) < 4.78 is 0. The second-order valence-corrected chi connectivity index (χ2v) is 11.9. The number of fused-ring (bicyclic) bond motifs is 10. The first-order valence-electron chi connectivity index (χ1n) is 15.5. The van der Waals surface area contributed by atoms with Crippen LogP contribution in [0, 0.1) is 0 Å². The highest BCUT2D eigenvalue weighted by Crippen LogP contribution is 2.40. The third-order valence-corrected chi connectivity index (χ3v) is 9.32. The van der Waals surface area contributed by atoms with Gasteiger partial charge >= 0.3 is 0 Å². The van der Waals surface area contributed by atoms with E-state index in [2.05, 4.69) is 114 Å². The van der Waals surface area contributed by atoms with Gasteiger partial charge < -0.3 is 0 Å². The third kappa shape index (κ3) is 3.67. The van der Waals surface area contributed by atoms with E-state index in [4.69, 9.17) is 15.0 Å². The number of benzene rings is 6. The third-order valence-electron chi connectivity index (χ3n) is 9.32. The van der Waals surface area contributed by atoms with Crippen LogP contribution >= 0.6 is 0 Å². The fraction of sp³-hybridized carbons (Fsp3) is 0. The van der Waals surface area contributed by atoms with Gasteiger partial charge in [-0.3, -0.25) is 15.0 Å². The van der Waals surface area contributed by atoms with Gasteiger partial charge in [0.25, 0.3) is 0 Å². The molecule has 10 aromatic rings. The Hall–Kier alpha value is -6.26. The molecule has 0 amide bonds. The predicted octanol–water partition coefficient (Wildman–Crippen LogP) is 10.7. The number of rotatable bonds is 2. The van der Waals surface area contributed by atoms with Crippen molar-refractivity contribution < 1.29 is 0 Å². The van der Waals surface area contributed by atoms with Crippen molar-refractivity contribution in [2.75, 3.05) is 0 Å². The Kier molecular flexibility index (Phi) is 5.25. The molecule has 0 unspecified atom stereocenters. The molecule has 0 spiro atoms. The number of nitrogens with zero attached hydrogens (tertiary/aromatic N) is 4. The summed E-state index contributed by atoms with van der Waals surface area (Å²) in [6.07, 6.45) is 5.53. The zero-order valence-corrected chi connectivity index (χ0v) is 24.6. The van der Waals surface area contributed by atoms with Gasteiger partial charge in [-0.05, 0) is 80.7 Å². The highest BCUT2D eigenvalue weighted by molar-refractivity contribution is 6.18. The molecule has 0 radical (unpaired) electrons. The van der Waals surface area contributed by atoms with Crippen LogP contribution in [0.15, 0.2) is 146 Å². The van der Waals surface area contributed by atoms with Crippen molar-refractivity contribution in [1.82, 2.24) is 19.9 Å². The van der Waals surface area contributed by atoms with Crippen LogP contribution in [0.1, 0.15) is 0 Å². The van der Waals surface area contributed by atoms with E-state index < -0.39 is 0 Å². The minimum Gasteiger partial charge on any atom is -0.254 e. The van der Waals surface area contributed by atoms with Crippen LogP contribution in [0.2, 0.25) is 0 Å². The Morgan fingerprint density at radius 3 is 1.93 bits per heavy atom. The highest BCUT2D eigenvalue weighted by atomic mass is 14.7. The van der Waals surface area contributed by atoms with Crippen molar-refractivity contribution in [3.8, 4) is 22.3 Å². The molecule has 6 aromatic carbocycles. The van der Waals surface area contributed by atoms with Gasteiger partial charge in [0.1, 0.15) is 0 Å². The Morgan fingerprint density at radius 2 is 1.02 bits per heavy atom. The van der Waals surface area contributed by atoms with E-state index in [0.29, 0.717) is 0 Å². The Morgan fingerprint density at radius 1 is 0.348 bits per heavy atom. The minimum atomic E-state index is 0.929. The lowest BCUT2D eigenvalue weighted by Crippen LogP contribution is -1.92. The van der Waals surface area contributed by atoms with E-state index in [1.807, 2.05) is 36.8 Å². The normalized spacial score (nSPS) is 11.9. The zero-order chi connectivity index (χ0) is 30.2. The predicted molar refractivity (Wildman–Crippen MR) is 191 cm³/mol. The first kappa shape index (κ1) is 25.1. The lowest BCUT2D eigenvalue weighted by atomic mass is 9.91. The fourth-order valence-electron chi connectivity index (χ4n) is 7.20. The molecule has 0 saturated heterocycles. The van der Waals surface area contributed by atoms with Crippen LogP contribution in [-0.2, 0) is 0 Å². The van der Waals surface area contributed by atoms with Crippen LogP contribution in [0.5, 0.6) is 0 Å². The maximum atomic E-state index is 5.11. The van der Waals surface area contributed by atoms with Crippen LogP contribution in [0.3, 0.4) is 0 Å². The molecular formula is C42H24N4. The van der Waals surface area contributed by atoms with Gasteiger partial charge in [0.2, 0.25) is 0 Å². The number of pyridine rings is 4. The summed E-state index contributed by atoms with van der Waals surface area (Å²) in [5.74, 6) is 0. The van der Waals surface area contributed by atoms with Gasteiger partial charge in [-0.15, -0.1) is 0 Å². The summed E-state index contributed by atoms with van der Waals surface area (Å²) in [6, 6.07) is 45.5. The van der Waals surface area contributed by atoms with Gasteiger partial charge in [0.05, 0.1) is 27.6 Å². The lowest BCUT2D eigenvalue weighted by Gasteiger charge is -2.14. The maximum Gasteiger partial charge on any atom is 0.0978 e. The summed E-state index contributed by atoms with van der Waals surface area (Å²) in [7, 11) is 0. The standard InChI is InChI=1S/C42H24N4/c1-2-10-37-33(8-1)38(34-18-15-26-6-3-19-43-39(26)42(34)46-37)29-14-12-25-11-13-27-22-28(16-17-31(27)35(25)23-29)36-24-30-7-4-20-44-40(30)41-32(36)9-5-21-45-41/h1-24H. The van der Waals surface area contributed by atoms with Gasteiger partial charge in [-0.1, -0.05) is 84.9 Å². The molecule has 4 nitrogen and oxygen atoms in total. The second kappa shape index (κ2) is 9.62. The van der Waals surface area contributed by atoms with Crippen molar-refractivity contribution in [3.05, 3.63) is 146 Å². The summed E-state index contributed by atoms with van der Waals surface area (Å²) in [6.45, 7) is 0. The summed E-state index contributed by atoms with van der Waals surface area (Å²) in [5, 5.41) is 10.4. The number of aromatic nitrogens is 4. The molecule has 4 heterocycles. The topological polar surface area (TPSA) is 51.6 Å². The van der Waals surface area contributed by atoms with Crippen LogP contribution in [-0.4, -0.2) is 19.9 Å². The van der Waals surface area contributed by atoms with E-state index in [1.54, 1.807) is 0 Å². The van der Waals surface area contributed by atoms with Gasteiger partial charge in [-0.2, -0.15) is 0 Å². The SMILES string of the molecule is c1cnc2c(c1)cc(-c1ccc3c(ccc4ccc(-c5c6ccccc6nc6c5ccc5cccnc56)cc43)c1)c1cccnc12. The van der Waals surface area contributed by atoms with Crippen molar-refractivity contribution in [2.45, 2.75) is 0 Å². The molecule has 212 valence electrons. The van der Waals surface area contributed by atoms with E-state index >= 15 is 0 Å². The number of hydrogen-bond acceptors (Lipinski definition) is 4. The summed E-state index contributed by atoms with van der Waals surface area (Å²) >= 11 is 0. The summed E-state index contributed by atoms with van der Waals surface area (Å²) in [5.41, 5.74) is 9.37. The smallest absolute Gasteiger partial charge is 0.0978 e. The number of para-hydroxylation sites is 1. The van der Waals surface area contributed by atoms with Gasteiger partial charge in [0, 0.05) is 51.1 Å². The molecule has 0 atom stereocenters. The highest BCUT2D eigenvalue weighted by Gasteiger charge is 2.16. The second-order valence-electron chi connectivity index (χ2n) is 11.9. The molecule has 0 N–H and O–H groups in total. The molecule has 46 heavy (non-hydrogen) atoms. The summed E-state index contributed by atoms with van der Waals surface area (Å²) in [4.78, 5) is 19.2. The van der Waals surface area contributed by atoms with Crippen molar-refractivity contribution in [2.24, 2.45) is 0 Å². The molecule has 10 rings (SSSR count). The monoisotopic (exact) mass is 584 g/mol. The Labute approximate surface area is 263 Å². The lowest BCUT2D eigenvalue weighted by molar-refractivity contribution is 1.37. The molecular weight excluding hydrogens is 560 g/mol. The first-order chi connectivity index (χ1) is 22.8. The molecule has 0 fully saturated rings. The van der Waals surface area contributed by atoms with E-state index in [1.165, 1.54) is 32.7 Å². The average Bonchev–Trinajstić information content (AvgIpc) is 3.13. The van der Waals surface area contributed by atoms with Crippen molar-refractivity contribution in [3.63, 3.8) is 0 Å². The fourth-order valence-corrected chi connectivity index (χ4v) is 7.20. The average molecular weight is 585 g/mol. The quantitative estimate of drug-likeness (QED) is 0.150. The number of hydrogen-bond donors (Lipinski definition) is 0. The van der Waals surface area contributed by atoms with Gasteiger partial charge in [-0.25, -0.2) is 4.98 Å². The van der Waals surface area contributed by atoms with E-state index in [0.717, 1.165) is 65.6 Å². The first-order valence-corrected chi connectivity index (χ1v) is 15.5. The van der Waals surface area contributed by atoms with Crippen molar-refractivity contribution >= 4 is 76.1 Å². The van der Waals surface area contributed by atoms with Crippen molar-refractivity contribution in [1.29, 1.82) is 0 Å². The largest absolute Gasteiger partial charge is 0.254 e. The Balaban J connectivity index is 1.21. The van der Waals surface area contributed by atoms with Gasteiger partial charge in [0.15, 0.2) is 0 Å².